The zero-order valence-corrected chi connectivity index (χ0v) is 12.5. The molecule has 110 valence electrons. The fourth-order valence-electron chi connectivity index (χ4n) is 2.53. The Morgan fingerprint density at radius 3 is 2.86 bits per heavy atom. The monoisotopic (exact) mass is 303 g/mol. The van der Waals surface area contributed by atoms with Gasteiger partial charge in [-0.05, 0) is 37.7 Å². The molecule has 3 rings (SSSR count). The summed E-state index contributed by atoms with van der Waals surface area (Å²) in [6.45, 7) is 2.66. The summed E-state index contributed by atoms with van der Waals surface area (Å²) < 4.78 is 7.72. The van der Waals surface area contributed by atoms with Crippen molar-refractivity contribution in [1.82, 2.24) is 14.9 Å². The molecule has 1 fully saturated rings. The number of ether oxygens (including phenoxy) is 1. The second-order valence-corrected chi connectivity index (χ2v) is 5.48. The maximum Gasteiger partial charge on any atom is 0.270 e. The number of aromatic nitrogens is 2. The molecule has 0 bridgehead atoms. The number of hydrogen-bond acceptors (Lipinski definition) is 3. The van der Waals surface area contributed by atoms with Crippen molar-refractivity contribution in [3.8, 4) is 5.69 Å². The fraction of sp³-hybridized carbons (Fsp3) is 0.333. The van der Waals surface area contributed by atoms with Gasteiger partial charge in [0.25, 0.3) is 5.91 Å². The van der Waals surface area contributed by atoms with Crippen LogP contribution in [0.5, 0.6) is 0 Å². The maximum absolute atomic E-state index is 12.5. The van der Waals surface area contributed by atoms with Gasteiger partial charge in [0.05, 0.1) is 12.1 Å². The highest BCUT2D eigenvalue weighted by molar-refractivity contribution is 7.71. The Bertz CT molecular complexity index is 692. The van der Waals surface area contributed by atoms with Crippen LogP contribution in [0.4, 0.5) is 0 Å². The smallest absolute Gasteiger partial charge is 0.270 e. The third-order valence-corrected chi connectivity index (χ3v) is 4.02. The van der Waals surface area contributed by atoms with Crippen LogP contribution in [-0.2, 0) is 4.74 Å². The molecule has 2 aromatic rings. The molecule has 2 heterocycles. The third kappa shape index (κ3) is 2.77. The summed E-state index contributed by atoms with van der Waals surface area (Å²) in [6, 6.07) is 9.64. The Morgan fingerprint density at radius 1 is 1.43 bits per heavy atom. The van der Waals surface area contributed by atoms with Gasteiger partial charge in [-0.15, -0.1) is 0 Å². The summed E-state index contributed by atoms with van der Waals surface area (Å²) >= 11 is 5.28. The van der Waals surface area contributed by atoms with E-state index in [0.717, 1.165) is 12.1 Å². The molecular formula is C15H17N3O2S. The van der Waals surface area contributed by atoms with Crippen molar-refractivity contribution < 1.29 is 9.53 Å². The van der Waals surface area contributed by atoms with E-state index in [1.165, 1.54) is 0 Å². The molecule has 0 unspecified atom stereocenters. The number of imidazole rings is 1. The highest BCUT2D eigenvalue weighted by Gasteiger charge is 2.27. The van der Waals surface area contributed by atoms with Crippen LogP contribution in [0.1, 0.15) is 23.8 Å². The molecule has 1 aliphatic heterocycles. The first-order valence-electron chi connectivity index (χ1n) is 6.95. The quantitative estimate of drug-likeness (QED) is 0.856. The molecule has 6 heteroatoms. The minimum Gasteiger partial charge on any atom is -0.376 e. The second kappa shape index (κ2) is 5.83. The van der Waals surface area contributed by atoms with Gasteiger partial charge in [0.1, 0.15) is 5.69 Å². The van der Waals surface area contributed by atoms with Gasteiger partial charge in [-0.25, -0.2) is 0 Å². The number of hydrogen-bond donors (Lipinski definition) is 2. The average Bonchev–Trinajstić information content (AvgIpc) is 3.06. The summed E-state index contributed by atoms with van der Waals surface area (Å²) in [6.07, 6.45) is 2.52. The van der Waals surface area contributed by atoms with Gasteiger partial charge < -0.3 is 15.0 Å². The van der Waals surface area contributed by atoms with Crippen molar-refractivity contribution in [1.29, 1.82) is 0 Å². The number of para-hydroxylation sites is 1. The maximum atomic E-state index is 12.5. The van der Waals surface area contributed by atoms with Crippen molar-refractivity contribution in [2.45, 2.75) is 25.5 Å². The van der Waals surface area contributed by atoms with E-state index >= 15 is 0 Å². The number of H-pyrrole nitrogens is 1. The number of carbonyl (C=O) groups excluding carboxylic acids is 1. The largest absolute Gasteiger partial charge is 0.376 e. The first-order chi connectivity index (χ1) is 10.2. The van der Waals surface area contributed by atoms with Crippen LogP contribution in [0.15, 0.2) is 36.5 Å². The van der Waals surface area contributed by atoms with Gasteiger partial charge >= 0.3 is 0 Å². The van der Waals surface area contributed by atoms with Crippen LogP contribution in [0.25, 0.3) is 5.69 Å². The lowest BCUT2D eigenvalue weighted by atomic mass is 10.1. The van der Waals surface area contributed by atoms with E-state index in [1.807, 2.05) is 37.3 Å². The average molecular weight is 303 g/mol. The number of benzene rings is 1. The number of amides is 1. The topological polar surface area (TPSA) is 59.0 Å². The normalized spacial score (nSPS) is 21.4. The summed E-state index contributed by atoms with van der Waals surface area (Å²) in [5, 5.41) is 3.02. The van der Waals surface area contributed by atoms with Gasteiger partial charge in [0.15, 0.2) is 4.77 Å². The number of carbonyl (C=O) groups is 1. The Hall–Kier alpha value is -1.92. The van der Waals surface area contributed by atoms with E-state index in [9.17, 15) is 4.79 Å². The number of nitrogens with one attached hydrogen (secondary N) is 2. The van der Waals surface area contributed by atoms with E-state index in [-0.39, 0.29) is 18.1 Å². The lowest BCUT2D eigenvalue weighted by Gasteiger charge is -2.16. The Labute approximate surface area is 127 Å². The highest BCUT2D eigenvalue weighted by atomic mass is 32.1. The first-order valence-corrected chi connectivity index (χ1v) is 7.36. The van der Waals surface area contributed by atoms with Crippen molar-refractivity contribution in [3.05, 3.63) is 47.0 Å². The molecule has 1 amide bonds. The molecule has 0 spiro atoms. The zero-order valence-electron chi connectivity index (χ0n) is 11.7. The molecule has 1 aromatic carbocycles. The van der Waals surface area contributed by atoms with Crippen molar-refractivity contribution >= 4 is 18.1 Å². The molecule has 5 nitrogen and oxygen atoms in total. The van der Waals surface area contributed by atoms with Crippen LogP contribution in [0, 0.1) is 4.77 Å². The van der Waals surface area contributed by atoms with E-state index < -0.39 is 0 Å². The second-order valence-electron chi connectivity index (χ2n) is 5.09. The lowest BCUT2D eigenvalue weighted by molar-refractivity contribution is 0.0860. The van der Waals surface area contributed by atoms with Crippen molar-refractivity contribution in [2.24, 2.45) is 0 Å². The summed E-state index contributed by atoms with van der Waals surface area (Å²) in [5.74, 6) is -0.145. The van der Waals surface area contributed by atoms with E-state index in [1.54, 1.807) is 10.8 Å². The Morgan fingerprint density at radius 2 is 2.19 bits per heavy atom. The summed E-state index contributed by atoms with van der Waals surface area (Å²) in [4.78, 5) is 15.4. The van der Waals surface area contributed by atoms with Gasteiger partial charge in [0, 0.05) is 18.5 Å². The van der Waals surface area contributed by atoms with E-state index in [0.29, 0.717) is 17.1 Å². The van der Waals surface area contributed by atoms with Gasteiger partial charge in [-0.2, -0.15) is 0 Å². The standard InChI is InChI=1S/C15H17N3O2S/c1-10-12(7-8-20-10)17-14(19)13-9-16-15(21)18(13)11-5-3-2-4-6-11/h2-6,9-10,12H,7-8H2,1H3,(H,16,21)(H,17,19)/t10-,12+/m1/s1. The Balaban J connectivity index is 1.89. The molecule has 1 aromatic heterocycles. The number of rotatable bonds is 3. The van der Waals surface area contributed by atoms with Crippen LogP contribution in [0.3, 0.4) is 0 Å². The van der Waals surface area contributed by atoms with Crippen molar-refractivity contribution in [3.63, 3.8) is 0 Å². The molecule has 2 atom stereocenters. The van der Waals surface area contributed by atoms with Crippen LogP contribution < -0.4 is 5.32 Å². The predicted molar refractivity (Wildman–Crippen MR) is 82.2 cm³/mol. The van der Waals surface area contributed by atoms with Gasteiger partial charge in [-0.3, -0.25) is 9.36 Å². The molecular weight excluding hydrogens is 286 g/mol. The highest BCUT2D eigenvalue weighted by Crippen LogP contribution is 2.16. The molecule has 1 saturated heterocycles. The third-order valence-electron chi connectivity index (χ3n) is 3.72. The van der Waals surface area contributed by atoms with Crippen LogP contribution in [-0.4, -0.2) is 34.2 Å². The fourth-order valence-corrected chi connectivity index (χ4v) is 2.80. The van der Waals surface area contributed by atoms with Crippen molar-refractivity contribution in [2.75, 3.05) is 6.61 Å². The SMILES string of the molecule is C[C@H]1OCC[C@@H]1NC(=O)c1c[nH]c(=S)n1-c1ccccc1. The number of aromatic amines is 1. The lowest BCUT2D eigenvalue weighted by Crippen LogP contribution is -2.39. The predicted octanol–water partition coefficient (Wildman–Crippen LogP) is 2.44. The first kappa shape index (κ1) is 14.0. The molecule has 0 radical (unpaired) electrons. The van der Waals surface area contributed by atoms with Gasteiger partial charge in [0.2, 0.25) is 0 Å². The summed E-state index contributed by atoms with van der Waals surface area (Å²) in [7, 11) is 0. The van der Waals surface area contributed by atoms with E-state index in [4.69, 9.17) is 17.0 Å². The Kier molecular flexibility index (Phi) is 3.90. The van der Waals surface area contributed by atoms with Gasteiger partial charge in [-0.1, -0.05) is 18.2 Å². The zero-order chi connectivity index (χ0) is 14.8. The minimum absolute atomic E-state index is 0.0426. The molecule has 1 aliphatic rings. The molecule has 0 aliphatic carbocycles. The molecule has 21 heavy (non-hydrogen) atoms. The van der Waals surface area contributed by atoms with Crippen LogP contribution >= 0.6 is 12.2 Å². The molecule has 0 saturated carbocycles. The minimum atomic E-state index is -0.145. The van der Waals surface area contributed by atoms with E-state index in [2.05, 4.69) is 10.3 Å². The number of nitrogens with zero attached hydrogens (tertiary/aromatic N) is 1. The van der Waals surface area contributed by atoms with Crippen LogP contribution in [0.2, 0.25) is 0 Å². The summed E-state index contributed by atoms with van der Waals surface area (Å²) in [5.41, 5.74) is 1.37. The molecule has 2 N–H and O–H groups in total.